The monoisotopic (exact) mass is 398 g/mol. The Kier molecular flexibility index (Phi) is 5.22. The van der Waals surface area contributed by atoms with Gasteiger partial charge >= 0.3 is 6.01 Å². The normalized spacial score (nSPS) is 16.7. The highest BCUT2D eigenvalue weighted by atomic mass is 19.1. The first-order valence-corrected chi connectivity index (χ1v) is 9.00. The van der Waals surface area contributed by atoms with Crippen molar-refractivity contribution in [1.29, 1.82) is 0 Å². The van der Waals surface area contributed by atoms with Crippen LogP contribution in [-0.2, 0) is 4.74 Å². The number of morpholine rings is 1. The van der Waals surface area contributed by atoms with Gasteiger partial charge < -0.3 is 19.1 Å². The predicted octanol–water partition coefficient (Wildman–Crippen LogP) is 2.39. The maximum atomic E-state index is 13.6. The van der Waals surface area contributed by atoms with Crippen molar-refractivity contribution in [3.05, 3.63) is 53.7 Å². The molecule has 8 nitrogen and oxygen atoms in total. The zero-order valence-corrected chi connectivity index (χ0v) is 16.0. The van der Waals surface area contributed by atoms with Crippen molar-refractivity contribution in [2.24, 2.45) is 0 Å². The number of carbonyl (C=O) groups is 1. The third-order valence-electron chi connectivity index (χ3n) is 4.68. The number of rotatable bonds is 4. The van der Waals surface area contributed by atoms with E-state index in [1.54, 1.807) is 23.2 Å². The van der Waals surface area contributed by atoms with Gasteiger partial charge in [-0.25, -0.2) is 4.39 Å². The fourth-order valence-corrected chi connectivity index (χ4v) is 3.19. The second-order valence-corrected chi connectivity index (χ2v) is 6.49. The van der Waals surface area contributed by atoms with Crippen molar-refractivity contribution in [1.82, 2.24) is 19.9 Å². The number of halogens is 1. The van der Waals surface area contributed by atoms with Gasteiger partial charge in [-0.1, -0.05) is 0 Å². The van der Waals surface area contributed by atoms with Crippen LogP contribution < -0.4 is 9.47 Å². The van der Waals surface area contributed by atoms with E-state index >= 15 is 0 Å². The number of amides is 1. The van der Waals surface area contributed by atoms with Crippen LogP contribution in [0.2, 0.25) is 0 Å². The third-order valence-corrected chi connectivity index (χ3v) is 4.68. The predicted molar refractivity (Wildman–Crippen MR) is 101 cm³/mol. The molecule has 9 heteroatoms. The second-order valence-electron chi connectivity index (χ2n) is 6.49. The number of methoxy groups -OCH3 is 2. The lowest BCUT2D eigenvalue weighted by Gasteiger charge is -2.32. The molecule has 4 rings (SSSR count). The molecule has 29 heavy (non-hydrogen) atoms. The zero-order valence-electron chi connectivity index (χ0n) is 16.0. The molecule has 2 aromatic heterocycles. The lowest BCUT2D eigenvalue weighted by molar-refractivity contribution is -0.0248. The summed E-state index contributed by atoms with van der Waals surface area (Å²) in [5, 5.41) is 1.56. The molecule has 0 bridgehead atoms. The Morgan fingerprint density at radius 3 is 2.83 bits per heavy atom. The van der Waals surface area contributed by atoms with E-state index in [2.05, 4.69) is 15.0 Å². The van der Waals surface area contributed by atoms with Crippen LogP contribution in [0.1, 0.15) is 22.3 Å². The van der Waals surface area contributed by atoms with Crippen LogP contribution in [0.25, 0.3) is 10.8 Å². The van der Waals surface area contributed by atoms with Gasteiger partial charge in [0.15, 0.2) is 0 Å². The minimum Gasteiger partial charge on any atom is -0.481 e. The average molecular weight is 398 g/mol. The number of ether oxygens (including phenoxy) is 3. The molecule has 1 atom stereocenters. The number of carbonyl (C=O) groups excluding carboxylic acids is 1. The van der Waals surface area contributed by atoms with Gasteiger partial charge in [-0.3, -0.25) is 9.78 Å². The van der Waals surface area contributed by atoms with Gasteiger partial charge in [0.1, 0.15) is 17.6 Å². The zero-order chi connectivity index (χ0) is 20.4. The molecular weight excluding hydrogens is 379 g/mol. The topological polar surface area (TPSA) is 86.7 Å². The van der Waals surface area contributed by atoms with E-state index < -0.39 is 6.10 Å². The summed E-state index contributed by atoms with van der Waals surface area (Å²) in [6, 6.07) is 7.82. The molecule has 3 aromatic rings. The highest BCUT2D eigenvalue weighted by Crippen LogP contribution is 2.25. The highest BCUT2D eigenvalue weighted by Gasteiger charge is 2.28. The lowest BCUT2D eigenvalue weighted by Crippen LogP contribution is -2.42. The van der Waals surface area contributed by atoms with E-state index in [1.165, 1.54) is 32.4 Å². The molecule has 1 aliphatic heterocycles. The minimum absolute atomic E-state index is 0.0516. The van der Waals surface area contributed by atoms with Crippen molar-refractivity contribution in [3.63, 3.8) is 0 Å². The fraction of sp³-hybridized carbons (Fsp3) is 0.300. The first-order chi connectivity index (χ1) is 14.1. The molecule has 0 spiro atoms. The van der Waals surface area contributed by atoms with Crippen molar-refractivity contribution >= 4 is 16.7 Å². The van der Waals surface area contributed by atoms with Gasteiger partial charge in [0, 0.05) is 24.2 Å². The van der Waals surface area contributed by atoms with Crippen molar-refractivity contribution in [3.8, 4) is 11.9 Å². The van der Waals surface area contributed by atoms with Gasteiger partial charge in [-0.15, -0.1) is 0 Å². The summed E-state index contributed by atoms with van der Waals surface area (Å²) >= 11 is 0. The van der Waals surface area contributed by atoms with E-state index in [1.807, 2.05) is 0 Å². The van der Waals surface area contributed by atoms with Crippen molar-refractivity contribution in [2.75, 3.05) is 33.9 Å². The Hall–Kier alpha value is -3.33. The van der Waals surface area contributed by atoms with Gasteiger partial charge in [0.05, 0.1) is 33.1 Å². The molecule has 1 amide bonds. The molecule has 0 unspecified atom stereocenters. The van der Waals surface area contributed by atoms with E-state index in [0.29, 0.717) is 25.4 Å². The maximum Gasteiger partial charge on any atom is 0.320 e. The largest absolute Gasteiger partial charge is 0.481 e. The molecule has 0 radical (unpaired) electrons. The average Bonchev–Trinajstić information content (AvgIpc) is 2.77. The molecule has 1 aromatic carbocycles. The van der Waals surface area contributed by atoms with E-state index in [0.717, 1.165) is 10.8 Å². The van der Waals surface area contributed by atoms with Crippen LogP contribution in [-0.4, -0.2) is 59.7 Å². The third kappa shape index (κ3) is 3.95. The van der Waals surface area contributed by atoms with Crippen LogP contribution in [0, 0.1) is 5.82 Å². The van der Waals surface area contributed by atoms with Crippen LogP contribution >= 0.6 is 0 Å². The van der Waals surface area contributed by atoms with E-state index in [4.69, 9.17) is 14.2 Å². The minimum atomic E-state index is -0.425. The summed E-state index contributed by atoms with van der Waals surface area (Å²) in [5.41, 5.74) is 0.807. The Labute approximate surface area is 166 Å². The summed E-state index contributed by atoms with van der Waals surface area (Å²) in [6.07, 6.45) is 1.25. The Bertz CT molecular complexity index is 1040. The van der Waals surface area contributed by atoms with Crippen LogP contribution in [0.3, 0.4) is 0 Å². The molecule has 0 saturated carbocycles. The number of nitrogens with zero attached hydrogens (tertiary/aromatic N) is 4. The number of pyridine rings is 1. The van der Waals surface area contributed by atoms with Crippen molar-refractivity contribution in [2.45, 2.75) is 6.10 Å². The highest BCUT2D eigenvalue weighted by molar-refractivity contribution is 5.92. The summed E-state index contributed by atoms with van der Waals surface area (Å²) in [6.45, 7) is 1.05. The van der Waals surface area contributed by atoms with Gasteiger partial charge in [-0.05, 0) is 29.7 Å². The summed E-state index contributed by atoms with van der Waals surface area (Å²) in [7, 11) is 2.87. The van der Waals surface area contributed by atoms with Crippen LogP contribution in [0.15, 0.2) is 36.5 Å². The molecule has 3 heterocycles. The first kappa shape index (κ1) is 19.0. The standard InChI is InChI=1S/C20H19FN4O4/c1-27-18-9-16(23-20(24-18)28-2)19(26)25-5-6-29-17(11-25)15-8-13-7-14(21)4-3-12(13)10-22-15/h3-4,7-10,17H,5-6,11H2,1-2H3/t17-/m1/s1. The molecule has 1 fully saturated rings. The number of aromatic nitrogens is 3. The Morgan fingerprint density at radius 1 is 1.17 bits per heavy atom. The fourth-order valence-electron chi connectivity index (χ4n) is 3.19. The van der Waals surface area contributed by atoms with Gasteiger partial charge in [0.25, 0.3) is 5.91 Å². The number of hydrogen-bond acceptors (Lipinski definition) is 7. The molecule has 150 valence electrons. The molecule has 0 aliphatic carbocycles. The number of hydrogen-bond donors (Lipinski definition) is 0. The Balaban J connectivity index is 1.57. The van der Waals surface area contributed by atoms with Gasteiger partial charge in [0.2, 0.25) is 5.88 Å². The molecule has 1 saturated heterocycles. The summed E-state index contributed by atoms with van der Waals surface area (Å²) < 4.78 is 29.5. The van der Waals surface area contributed by atoms with Crippen LogP contribution in [0.4, 0.5) is 4.39 Å². The number of fused-ring (bicyclic) bond motifs is 1. The van der Waals surface area contributed by atoms with E-state index in [9.17, 15) is 9.18 Å². The second kappa shape index (κ2) is 7.96. The molecule has 0 N–H and O–H groups in total. The maximum absolute atomic E-state index is 13.6. The van der Waals surface area contributed by atoms with E-state index in [-0.39, 0.29) is 29.3 Å². The molecule has 1 aliphatic rings. The Morgan fingerprint density at radius 2 is 2.03 bits per heavy atom. The smallest absolute Gasteiger partial charge is 0.320 e. The van der Waals surface area contributed by atoms with Crippen LogP contribution in [0.5, 0.6) is 11.9 Å². The molecular formula is C20H19FN4O4. The number of benzene rings is 1. The van der Waals surface area contributed by atoms with Crippen molar-refractivity contribution < 1.29 is 23.4 Å². The first-order valence-electron chi connectivity index (χ1n) is 9.00. The summed E-state index contributed by atoms with van der Waals surface area (Å²) in [4.78, 5) is 27.2. The summed E-state index contributed by atoms with van der Waals surface area (Å²) in [5.74, 6) is -0.366. The van der Waals surface area contributed by atoms with Gasteiger partial charge in [-0.2, -0.15) is 9.97 Å². The lowest BCUT2D eigenvalue weighted by atomic mass is 10.1. The quantitative estimate of drug-likeness (QED) is 0.667. The SMILES string of the molecule is COc1cc(C(=O)N2CCO[C@@H](c3cc4cc(F)ccc4cn3)C2)nc(OC)n1.